The number of aromatic carboxylic acids is 2. The van der Waals surface area contributed by atoms with Crippen LogP contribution < -0.4 is 10.6 Å². The molecule has 4 N–H and O–H groups in total. The van der Waals surface area contributed by atoms with Crippen LogP contribution in [0.2, 0.25) is 0 Å². The molecule has 0 saturated carbocycles. The molecule has 3 aromatic rings. The van der Waals surface area contributed by atoms with Crippen LogP contribution in [0.15, 0.2) is 72.8 Å². The van der Waals surface area contributed by atoms with Gasteiger partial charge < -0.3 is 20.8 Å². The third-order valence-corrected chi connectivity index (χ3v) is 3.72. The average molecular weight is 586 g/mol. The number of para-hydroxylation sites is 2. The first kappa shape index (κ1) is 32.6. The maximum absolute atomic E-state index is 11.7. The van der Waals surface area contributed by atoms with E-state index >= 15 is 0 Å². The van der Waals surface area contributed by atoms with Crippen molar-refractivity contribution < 1.29 is 85.2 Å². The average Bonchev–Trinajstić information content (AvgIpc) is 2.78. The summed E-state index contributed by atoms with van der Waals surface area (Å²) in [6.07, 6.45) is 0. The summed E-state index contributed by atoms with van der Waals surface area (Å²) in [6.45, 7) is 8.00. The Morgan fingerprint density at radius 2 is 0.875 bits per heavy atom. The largest absolute Gasteiger partial charge is 0.478 e. The van der Waals surface area contributed by atoms with Crippen molar-refractivity contribution in [3.05, 3.63) is 83.9 Å². The predicted octanol–water partition coefficient (Wildman–Crippen LogP) is 6.62. The Morgan fingerprint density at radius 1 is 0.594 bits per heavy atom. The summed E-state index contributed by atoms with van der Waals surface area (Å²) < 4.78 is 0. The standard InChI is InChI=1S/C20H16N2O4.2C2H6.2Y/c23-19(24)15-12-18(22-14-9-5-2-6-10-14)16(20(25)26)11-17(15)21-13-7-3-1-4-8-13;2*1-2;;/h1-12,21-22H,(H,23,24)(H,25,26);2*1-2H3;;. The molecule has 3 aromatic carbocycles. The number of hydrogen-bond acceptors (Lipinski definition) is 4. The molecule has 0 spiro atoms. The molecule has 0 unspecified atom stereocenters. The van der Waals surface area contributed by atoms with E-state index in [2.05, 4.69) is 10.6 Å². The van der Waals surface area contributed by atoms with Crippen LogP contribution in [0.4, 0.5) is 22.7 Å². The SMILES string of the molecule is CC.CC.O=C(O)c1cc(Nc2ccccc2)c(C(=O)O)cc1Nc1ccccc1.[Y].[Y]. The number of carboxylic acids is 2. The molecular weight excluding hydrogens is 558 g/mol. The molecule has 6 nitrogen and oxygen atoms in total. The number of carbonyl (C=O) groups is 2. The molecule has 0 aliphatic carbocycles. The van der Waals surface area contributed by atoms with E-state index in [4.69, 9.17) is 0 Å². The maximum Gasteiger partial charge on any atom is 0.337 e. The minimum atomic E-state index is -1.16. The van der Waals surface area contributed by atoms with Crippen molar-refractivity contribution in [1.29, 1.82) is 0 Å². The van der Waals surface area contributed by atoms with Gasteiger partial charge >= 0.3 is 11.9 Å². The van der Waals surface area contributed by atoms with Gasteiger partial charge in [0.1, 0.15) is 0 Å². The number of hydrogen-bond donors (Lipinski definition) is 4. The van der Waals surface area contributed by atoms with Gasteiger partial charge in [-0.25, -0.2) is 9.59 Å². The number of anilines is 4. The number of carboxylic acid groups (broad SMARTS) is 2. The second kappa shape index (κ2) is 17.9. The molecule has 0 heterocycles. The molecule has 0 aromatic heterocycles. The van der Waals surface area contributed by atoms with Gasteiger partial charge in [0.25, 0.3) is 0 Å². The first-order valence-corrected chi connectivity index (χ1v) is 9.83. The molecule has 0 aliphatic heterocycles. The zero-order valence-corrected chi connectivity index (χ0v) is 24.5. The van der Waals surface area contributed by atoms with Gasteiger partial charge in [0.15, 0.2) is 0 Å². The van der Waals surface area contributed by atoms with Gasteiger partial charge in [0.05, 0.1) is 22.5 Å². The second-order valence-corrected chi connectivity index (χ2v) is 5.54. The summed E-state index contributed by atoms with van der Waals surface area (Å²) in [7, 11) is 0. The minimum absolute atomic E-state index is 0. The number of benzene rings is 3. The molecule has 32 heavy (non-hydrogen) atoms. The van der Waals surface area contributed by atoms with Crippen LogP contribution in [0.3, 0.4) is 0 Å². The van der Waals surface area contributed by atoms with Crippen molar-refractivity contribution in [2.45, 2.75) is 27.7 Å². The summed E-state index contributed by atoms with van der Waals surface area (Å²) in [5, 5.41) is 25.0. The molecule has 0 aliphatic rings. The molecule has 2 radical (unpaired) electrons. The van der Waals surface area contributed by atoms with Crippen molar-refractivity contribution in [2.75, 3.05) is 10.6 Å². The normalized spacial score (nSPS) is 8.62. The monoisotopic (exact) mass is 586 g/mol. The fourth-order valence-electron chi connectivity index (χ4n) is 2.51. The minimum Gasteiger partial charge on any atom is -0.478 e. The van der Waals surface area contributed by atoms with Crippen LogP contribution in [0.1, 0.15) is 48.4 Å². The fraction of sp³-hybridized carbons (Fsp3) is 0.167. The molecule has 8 heteroatoms. The van der Waals surface area contributed by atoms with Crippen molar-refractivity contribution in [3.63, 3.8) is 0 Å². The van der Waals surface area contributed by atoms with Crippen LogP contribution >= 0.6 is 0 Å². The molecule has 0 atom stereocenters. The molecular formula is C24H28N2O4Y2. The van der Waals surface area contributed by atoms with Gasteiger partial charge in [0.2, 0.25) is 0 Å². The fourth-order valence-corrected chi connectivity index (χ4v) is 2.51. The summed E-state index contributed by atoms with van der Waals surface area (Å²) >= 11 is 0. The molecule has 0 amide bonds. The van der Waals surface area contributed by atoms with Crippen LogP contribution in [-0.2, 0) is 65.4 Å². The van der Waals surface area contributed by atoms with E-state index in [1.165, 1.54) is 12.1 Å². The van der Waals surface area contributed by atoms with Crippen molar-refractivity contribution in [1.82, 2.24) is 0 Å². The van der Waals surface area contributed by atoms with Crippen LogP contribution in [0.25, 0.3) is 0 Å². The summed E-state index contributed by atoms with van der Waals surface area (Å²) in [6, 6.07) is 20.6. The third-order valence-electron chi connectivity index (χ3n) is 3.72. The van der Waals surface area contributed by atoms with Gasteiger partial charge in [-0.15, -0.1) is 0 Å². The van der Waals surface area contributed by atoms with Gasteiger partial charge in [-0.05, 0) is 36.4 Å². The van der Waals surface area contributed by atoms with E-state index in [0.717, 1.165) is 0 Å². The molecule has 0 bridgehead atoms. The Bertz CT molecular complexity index is 874. The van der Waals surface area contributed by atoms with E-state index < -0.39 is 11.9 Å². The van der Waals surface area contributed by atoms with E-state index in [1.54, 1.807) is 48.5 Å². The number of nitrogens with one attached hydrogen (secondary N) is 2. The first-order valence-electron chi connectivity index (χ1n) is 9.83. The van der Waals surface area contributed by atoms with Gasteiger partial charge in [0, 0.05) is 76.8 Å². The molecule has 3 rings (SSSR count). The maximum atomic E-state index is 11.7. The third kappa shape index (κ3) is 9.91. The quantitative estimate of drug-likeness (QED) is 0.259. The number of rotatable bonds is 6. The molecule has 164 valence electrons. The van der Waals surface area contributed by atoms with Crippen molar-refractivity contribution in [2.24, 2.45) is 0 Å². The van der Waals surface area contributed by atoms with Crippen molar-refractivity contribution >= 4 is 34.7 Å². The van der Waals surface area contributed by atoms with Crippen LogP contribution in [0.5, 0.6) is 0 Å². The Kier molecular flexibility index (Phi) is 18.2. The van der Waals surface area contributed by atoms with E-state index in [0.29, 0.717) is 11.4 Å². The summed E-state index contributed by atoms with van der Waals surface area (Å²) in [5.41, 5.74) is 1.68. The first-order chi connectivity index (χ1) is 14.5. The van der Waals surface area contributed by atoms with E-state index in [1.807, 2.05) is 39.8 Å². The smallest absolute Gasteiger partial charge is 0.337 e. The van der Waals surface area contributed by atoms with E-state index in [9.17, 15) is 19.8 Å². The van der Waals surface area contributed by atoms with Crippen LogP contribution in [-0.4, -0.2) is 22.2 Å². The van der Waals surface area contributed by atoms with E-state index in [-0.39, 0.29) is 87.9 Å². The summed E-state index contributed by atoms with van der Waals surface area (Å²) in [5.74, 6) is -2.31. The van der Waals surface area contributed by atoms with Gasteiger partial charge in [-0.1, -0.05) is 64.1 Å². The van der Waals surface area contributed by atoms with Gasteiger partial charge in [-0.2, -0.15) is 0 Å². The Labute approximate surface area is 240 Å². The van der Waals surface area contributed by atoms with Gasteiger partial charge in [-0.3, -0.25) is 0 Å². The topological polar surface area (TPSA) is 98.7 Å². The second-order valence-electron chi connectivity index (χ2n) is 5.54. The Morgan fingerprint density at radius 3 is 1.12 bits per heavy atom. The molecule has 0 fully saturated rings. The van der Waals surface area contributed by atoms with Crippen molar-refractivity contribution in [3.8, 4) is 0 Å². The predicted molar refractivity (Wildman–Crippen MR) is 123 cm³/mol. The summed E-state index contributed by atoms with van der Waals surface area (Å²) in [4.78, 5) is 23.4. The Hall–Kier alpha value is -1.59. The Balaban J connectivity index is 0. The molecule has 0 saturated heterocycles. The zero-order chi connectivity index (χ0) is 22.5. The van der Waals surface area contributed by atoms with Crippen LogP contribution in [0, 0.1) is 0 Å². The zero-order valence-electron chi connectivity index (χ0n) is 18.8.